The summed E-state index contributed by atoms with van der Waals surface area (Å²) in [6, 6.07) is 7.85. The van der Waals surface area contributed by atoms with Crippen molar-refractivity contribution < 1.29 is 4.79 Å². The Balaban J connectivity index is 2.06. The van der Waals surface area contributed by atoms with Crippen LogP contribution in [0, 0.1) is 5.92 Å². The molecule has 0 radical (unpaired) electrons. The maximum atomic E-state index is 11.1. The molecule has 1 heterocycles. The van der Waals surface area contributed by atoms with Crippen LogP contribution in [0.2, 0.25) is 0 Å². The fourth-order valence-corrected chi connectivity index (χ4v) is 1.88. The molecule has 17 heavy (non-hydrogen) atoms. The topological polar surface area (TPSA) is 67.2 Å². The molecule has 2 atom stereocenters. The summed E-state index contributed by atoms with van der Waals surface area (Å²) in [6.07, 6.45) is 4.57. The van der Waals surface area contributed by atoms with Gasteiger partial charge in [-0.25, -0.2) is 5.43 Å². The first-order valence-corrected chi connectivity index (χ1v) is 5.74. The summed E-state index contributed by atoms with van der Waals surface area (Å²) >= 11 is 0. The molecule has 0 saturated carbocycles. The van der Waals surface area contributed by atoms with Crippen molar-refractivity contribution in [3.05, 3.63) is 35.9 Å². The van der Waals surface area contributed by atoms with Gasteiger partial charge >= 0.3 is 0 Å². The average Bonchev–Trinajstić information content (AvgIpc) is 2.30. The van der Waals surface area contributed by atoms with Crippen LogP contribution in [0.15, 0.2) is 30.3 Å². The second kappa shape index (κ2) is 5.01. The Bertz CT molecular complexity index is 442. The van der Waals surface area contributed by atoms with Gasteiger partial charge in [-0.15, -0.1) is 0 Å². The number of rotatable bonds is 2. The molecule has 1 aliphatic rings. The molecule has 2 rings (SSSR count). The quantitative estimate of drug-likeness (QED) is 0.672. The predicted octanol–water partition coefficient (Wildman–Crippen LogP) is 1.31. The first-order chi connectivity index (χ1) is 8.16. The normalized spacial score (nSPS) is 24.9. The molecule has 0 aromatic heterocycles. The highest BCUT2D eigenvalue weighted by molar-refractivity contribution is 5.76. The molecule has 0 bridgehead atoms. The monoisotopic (exact) mass is 231 g/mol. The maximum absolute atomic E-state index is 11.1. The highest BCUT2D eigenvalue weighted by Gasteiger charge is 2.22. The lowest BCUT2D eigenvalue weighted by Crippen LogP contribution is -2.52. The Kier molecular flexibility index (Phi) is 3.44. The molecular formula is C13H17N3O. The van der Waals surface area contributed by atoms with E-state index < -0.39 is 0 Å². The van der Waals surface area contributed by atoms with Gasteiger partial charge in [0.15, 0.2) is 0 Å². The molecule has 2 unspecified atom stereocenters. The van der Waals surface area contributed by atoms with Crippen molar-refractivity contribution in [3.63, 3.8) is 0 Å². The zero-order valence-corrected chi connectivity index (χ0v) is 9.81. The van der Waals surface area contributed by atoms with Gasteiger partial charge in [0.05, 0.1) is 0 Å². The minimum absolute atomic E-state index is 0.0429. The summed E-state index contributed by atoms with van der Waals surface area (Å²) in [5.74, 6) is 0.325. The third-order valence-corrected chi connectivity index (χ3v) is 2.98. The molecule has 1 saturated heterocycles. The van der Waals surface area contributed by atoms with Gasteiger partial charge in [0.25, 0.3) is 0 Å². The number of hydrogen-bond acceptors (Lipinski definition) is 3. The number of hydrogen-bond donors (Lipinski definition) is 3. The van der Waals surface area contributed by atoms with Crippen molar-refractivity contribution in [2.45, 2.75) is 19.4 Å². The average molecular weight is 231 g/mol. The second-order valence-electron chi connectivity index (χ2n) is 4.39. The first kappa shape index (κ1) is 11.7. The number of nitrogens with one attached hydrogen (secondary N) is 2. The van der Waals surface area contributed by atoms with E-state index in [0.29, 0.717) is 6.42 Å². The molecule has 1 aromatic carbocycles. The van der Waals surface area contributed by atoms with Gasteiger partial charge in [-0.2, -0.15) is 0 Å². The number of carbonyl (C=O) groups excluding carboxylic acids is 1. The van der Waals surface area contributed by atoms with Crippen LogP contribution in [0.1, 0.15) is 18.9 Å². The van der Waals surface area contributed by atoms with E-state index in [4.69, 9.17) is 5.73 Å². The van der Waals surface area contributed by atoms with Crippen molar-refractivity contribution in [3.8, 4) is 0 Å². The van der Waals surface area contributed by atoms with Gasteiger partial charge in [-0.1, -0.05) is 37.3 Å². The van der Waals surface area contributed by atoms with E-state index in [9.17, 15) is 4.79 Å². The van der Waals surface area contributed by atoms with E-state index in [1.807, 2.05) is 36.4 Å². The fourth-order valence-electron chi connectivity index (χ4n) is 1.88. The Morgan fingerprint density at radius 1 is 1.41 bits per heavy atom. The highest BCUT2D eigenvalue weighted by atomic mass is 16.2. The van der Waals surface area contributed by atoms with Crippen LogP contribution in [0.4, 0.5) is 5.69 Å². The molecule has 1 fully saturated rings. The zero-order chi connectivity index (χ0) is 12.3. The van der Waals surface area contributed by atoms with Crippen LogP contribution in [0.5, 0.6) is 0 Å². The molecule has 0 spiro atoms. The molecule has 4 nitrogen and oxygen atoms in total. The summed E-state index contributed by atoms with van der Waals surface area (Å²) in [4.78, 5) is 11.1. The Hall–Kier alpha value is -1.81. The number of hydrazine groups is 1. The molecular weight excluding hydrogens is 214 g/mol. The summed E-state index contributed by atoms with van der Waals surface area (Å²) in [7, 11) is 0. The predicted molar refractivity (Wildman–Crippen MR) is 68.7 cm³/mol. The van der Waals surface area contributed by atoms with Crippen molar-refractivity contribution in [2.24, 2.45) is 5.92 Å². The molecule has 0 aliphatic carbocycles. The number of anilines is 1. The molecule has 1 aliphatic heterocycles. The standard InChI is InChI=1S/C13H17N3O/c1-9-8-13(17)16-15-12(9)7-6-10-4-2-3-5-11(10)14/h2-7,9,12,15H,8,14H2,1H3,(H,16,17)/b7-6+. The number of para-hydroxylation sites is 1. The van der Waals surface area contributed by atoms with Gasteiger partial charge in [-0.3, -0.25) is 10.2 Å². The Morgan fingerprint density at radius 3 is 2.88 bits per heavy atom. The van der Waals surface area contributed by atoms with Crippen molar-refractivity contribution in [1.29, 1.82) is 0 Å². The number of nitrogens with two attached hydrogens (primary N) is 1. The fraction of sp³-hybridized carbons (Fsp3) is 0.308. The molecule has 1 amide bonds. The molecule has 4 N–H and O–H groups in total. The first-order valence-electron chi connectivity index (χ1n) is 5.74. The largest absolute Gasteiger partial charge is 0.398 e. The van der Waals surface area contributed by atoms with Crippen LogP contribution in [-0.4, -0.2) is 11.9 Å². The zero-order valence-electron chi connectivity index (χ0n) is 9.81. The van der Waals surface area contributed by atoms with Gasteiger partial charge in [0.2, 0.25) is 5.91 Å². The lowest BCUT2D eigenvalue weighted by Gasteiger charge is -2.27. The molecule has 1 aromatic rings. The lowest BCUT2D eigenvalue weighted by atomic mass is 9.95. The van der Waals surface area contributed by atoms with Crippen LogP contribution < -0.4 is 16.6 Å². The van der Waals surface area contributed by atoms with E-state index in [1.165, 1.54) is 0 Å². The van der Waals surface area contributed by atoms with Crippen LogP contribution in [0.3, 0.4) is 0 Å². The highest BCUT2D eigenvalue weighted by Crippen LogP contribution is 2.16. The lowest BCUT2D eigenvalue weighted by molar-refractivity contribution is -0.125. The minimum atomic E-state index is 0.0429. The van der Waals surface area contributed by atoms with E-state index >= 15 is 0 Å². The SMILES string of the molecule is CC1CC(=O)NNC1/C=C/c1ccccc1N. The van der Waals surface area contributed by atoms with E-state index in [2.05, 4.69) is 17.8 Å². The maximum Gasteiger partial charge on any atom is 0.234 e. The van der Waals surface area contributed by atoms with Crippen LogP contribution in [0.25, 0.3) is 6.08 Å². The molecule has 4 heteroatoms. The smallest absolute Gasteiger partial charge is 0.234 e. The Morgan fingerprint density at radius 2 is 2.18 bits per heavy atom. The van der Waals surface area contributed by atoms with E-state index in [0.717, 1.165) is 11.3 Å². The second-order valence-corrected chi connectivity index (χ2v) is 4.39. The minimum Gasteiger partial charge on any atom is -0.398 e. The number of benzene rings is 1. The third kappa shape index (κ3) is 2.85. The summed E-state index contributed by atoms with van der Waals surface area (Å²) in [5.41, 5.74) is 13.2. The number of amides is 1. The van der Waals surface area contributed by atoms with Gasteiger partial charge in [-0.05, 0) is 17.5 Å². The molecule has 90 valence electrons. The van der Waals surface area contributed by atoms with Crippen LogP contribution in [-0.2, 0) is 4.79 Å². The number of carbonyl (C=O) groups is 1. The Labute approximate surface area is 101 Å². The van der Waals surface area contributed by atoms with Gasteiger partial charge in [0, 0.05) is 18.2 Å². The van der Waals surface area contributed by atoms with Crippen molar-refractivity contribution in [1.82, 2.24) is 10.9 Å². The third-order valence-electron chi connectivity index (χ3n) is 2.98. The summed E-state index contributed by atoms with van der Waals surface area (Å²) in [6.45, 7) is 2.05. The van der Waals surface area contributed by atoms with Crippen molar-refractivity contribution in [2.75, 3.05) is 5.73 Å². The van der Waals surface area contributed by atoms with Crippen molar-refractivity contribution >= 4 is 17.7 Å². The van der Waals surface area contributed by atoms with Gasteiger partial charge < -0.3 is 5.73 Å². The summed E-state index contributed by atoms with van der Waals surface area (Å²) in [5, 5.41) is 0. The van der Waals surface area contributed by atoms with E-state index in [-0.39, 0.29) is 17.9 Å². The number of nitrogen functional groups attached to an aromatic ring is 1. The van der Waals surface area contributed by atoms with Crippen LogP contribution >= 0.6 is 0 Å². The summed E-state index contributed by atoms with van der Waals surface area (Å²) < 4.78 is 0. The van der Waals surface area contributed by atoms with Gasteiger partial charge in [0.1, 0.15) is 0 Å². The van der Waals surface area contributed by atoms with E-state index in [1.54, 1.807) is 0 Å².